The van der Waals surface area contributed by atoms with Gasteiger partial charge in [-0.25, -0.2) is 4.39 Å². The Kier molecular flexibility index (Phi) is 5.78. The number of nitrogens with zero attached hydrogens (tertiary/aromatic N) is 1. The van der Waals surface area contributed by atoms with Crippen LogP contribution in [0.1, 0.15) is 49.8 Å². The maximum atomic E-state index is 13.8. The van der Waals surface area contributed by atoms with Crippen molar-refractivity contribution >= 4 is 23.1 Å². The fourth-order valence-corrected chi connectivity index (χ4v) is 5.03. The Balaban J connectivity index is 1.72. The predicted octanol–water partition coefficient (Wildman–Crippen LogP) is 6.38. The summed E-state index contributed by atoms with van der Waals surface area (Å²) in [4.78, 5) is 29.1. The van der Waals surface area contributed by atoms with Gasteiger partial charge in [0.1, 0.15) is 5.82 Å². The van der Waals surface area contributed by atoms with Crippen molar-refractivity contribution in [3.63, 3.8) is 0 Å². The zero-order valence-corrected chi connectivity index (χ0v) is 19.3. The van der Waals surface area contributed by atoms with E-state index in [9.17, 15) is 14.0 Å². The number of para-hydroxylation sites is 2. The van der Waals surface area contributed by atoms with Crippen LogP contribution in [0.5, 0.6) is 0 Å². The Bertz CT molecular complexity index is 1260. The van der Waals surface area contributed by atoms with Gasteiger partial charge in [0, 0.05) is 23.6 Å². The fraction of sp³-hybridized carbons (Fsp3) is 0.241. The monoisotopic (exact) mass is 454 g/mol. The second kappa shape index (κ2) is 8.90. The number of amides is 1. The summed E-state index contributed by atoms with van der Waals surface area (Å²) in [6, 6.07) is 23.2. The van der Waals surface area contributed by atoms with Crippen molar-refractivity contribution in [2.24, 2.45) is 5.92 Å². The first-order valence-corrected chi connectivity index (χ1v) is 11.7. The van der Waals surface area contributed by atoms with E-state index in [0.29, 0.717) is 29.7 Å². The normalized spacial score (nSPS) is 19.9. The van der Waals surface area contributed by atoms with Crippen LogP contribution in [0.4, 0.5) is 15.8 Å². The second-order valence-electron chi connectivity index (χ2n) is 9.29. The van der Waals surface area contributed by atoms with Gasteiger partial charge in [-0.2, -0.15) is 0 Å². The third kappa shape index (κ3) is 3.92. The molecule has 3 aromatic carbocycles. The highest BCUT2D eigenvalue weighted by Crippen LogP contribution is 2.47. The largest absolute Gasteiger partial charge is 0.357 e. The van der Waals surface area contributed by atoms with Gasteiger partial charge in [-0.3, -0.25) is 14.5 Å². The molecule has 5 heteroatoms. The zero-order chi connectivity index (χ0) is 23.8. The van der Waals surface area contributed by atoms with Gasteiger partial charge < -0.3 is 5.32 Å². The van der Waals surface area contributed by atoms with Crippen molar-refractivity contribution in [3.05, 3.63) is 107 Å². The zero-order valence-electron chi connectivity index (χ0n) is 19.3. The number of ketones is 1. The van der Waals surface area contributed by atoms with Crippen LogP contribution in [0.2, 0.25) is 0 Å². The van der Waals surface area contributed by atoms with Crippen molar-refractivity contribution in [1.82, 2.24) is 0 Å². The molecular formula is C29H27FN2O2. The first kappa shape index (κ1) is 22.1. The number of fused-ring (bicyclic) bond motifs is 1. The number of hydrogen-bond donors (Lipinski definition) is 1. The highest BCUT2D eigenvalue weighted by Gasteiger charge is 2.41. The minimum Gasteiger partial charge on any atom is -0.357 e. The standard InChI is InChI=1S/C29H27FN2O2/c1-18(2)29(34)32-25-11-7-6-10-23(25)31-24-16-21(19-8-4-3-5-9-19)17-26(33)27(24)28(32)20-12-14-22(30)15-13-20/h3-15,18,21,28,31H,16-17H2,1-2H3/t21-,28-/m1/s1. The van der Waals surface area contributed by atoms with E-state index in [1.807, 2.05) is 56.3 Å². The third-order valence-electron chi connectivity index (χ3n) is 6.68. The molecule has 1 amide bonds. The summed E-state index contributed by atoms with van der Waals surface area (Å²) in [5.41, 5.74) is 4.75. The van der Waals surface area contributed by atoms with Gasteiger partial charge in [-0.1, -0.05) is 68.4 Å². The molecule has 0 fully saturated rings. The van der Waals surface area contributed by atoms with Gasteiger partial charge in [-0.15, -0.1) is 0 Å². The molecule has 1 N–H and O–H groups in total. The summed E-state index contributed by atoms with van der Waals surface area (Å²) < 4.78 is 13.8. The number of carbonyl (C=O) groups is 2. The minimum absolute atomic E-state index is 0.00582. The molecular weight excluding hydrogens is 427 g/mol. The molecule has 0 bridgehead atoms. The van der Waals surface area contributed by atoms with E-state index in [0.717, 1.165) is 16.9 Å². The van der Waals surface area contributed by atoms with Crippen LogP contribution >= 0.6 is 0 Å². The molecule has 1 aliphatic carbocycles. The Morgan fingerprint density at radius 3 is 2.29 bits per heavy atom. The molecule has 34 heavy (non-hydrogen) atoms. The fourth-order valence-electron chi connectivity index (χ4n) is 5.03. The molecule has 1 heterocycles. The Labute approximate surface area is 199 Å². The van der Waals surface area contributed by atoms with Gasteiger partial charge in [0.05, 0.1) is 17.4 Å². The van der Waals surface area contributed by atoms with Gasteiger partial charge >= 0.3 is 0 Å². The number of nitrogens with one attached hydrogen (secondary N) is 1. The van der Waals surface area contributed by atoms with E-state index in [2.05, 4.69) is 17.4 Å². The Hall–Kier alpha value is -3.73. The number of rotatable bonds is 3. The first-order valence-electron chi connectivity index (χ1n) is 11.7. The molecule has 5 rings (SSSR count). The molecule has 172 valence electrons. The molecule has 0 saturated carbocycles. The quantitative estimate of drug-likeness (QED) is 0.499. The van der Waals surface area contributed by atoms with Gasteiger partial charge in [-0.05, 0) is 47.7 Å². The molecule has 0 saturated heterocycles. The maximum Gasteiger partial charge on any atom is 0.230 e. The average Bonchev–Trinajstić information content (AvgIpc) is 2.99. The predicted molar refractivity (Wildman–Crippen MR) is 132 cm³/mol. The molecule has 0 unspecified atom stereocenters. The smallest absolute Gasteiger partial charge is 0.230 e. The number of carbonyl (C=O) groups excluding carboxylic acids is 2. The number of anilines is 2. The summed E-state index contributed by atoms with van der Waals surface area (Å²) in [5, 5.41) is 3.52. The minimum atomic E-state index is -0.633. The van der Waals surface area contributed by atoms with Crippen LogP contribution in [0.25, 0.3) is 0 Å². The third-order valence-corrected chi connectivity index (χ3v) is 6.68. The van der Waals surface area contributed by atoms with Crippen molar-refractivity contribution in [3.8, 4) is 0 Å². The highest BCUT2D eigenvalue weighted by molar-refractivity contribution is 6.06. The second-order valence-corrected chi connectivity index (χ2v) is 9.29. The number of benzene rings is 3. The summed E-state index contributed by atoms with van der Waals surface area (Å²) in [6.07, 6.45) is 1.02. The van der Waals surface area contributed by atoms with Crippen molar-refractivity contribution in [1.29, 1.82) is 0 Å². The Morgan fingerprint density at radius 2 is 1.59 bits per heavy atom. The van der Waals surface area contributed by atoms with Crippen molar-refractivity contribution in [2.75, 3.05) is 10.2 Å². The van der Waals surface area contributed by atoms with Crippen molar-refractivity contribution < 1.29 is 14.0 Å². The molecule has 0 aromatic heterocycles. The van der Waals surface area contributed by atoms with Crippen LogP contribution in [-0.4, -0.2) is 11.7 Å². The summed E-state index contributed by atoms with van der Waals surface area (Å²) in [6.45, 7) is 3.71. The summed E-state index contributed by atoms with van der Waals surface area (Å²) in [7, 11) is 0. The first-order chi connectivity index (χ1) is 16.4. The van der Waals surface area contributed by atoms with E-state index in [-0.39, 0.29) is 29.3 Å². The van der Waals surface area contributed by atoms with Crippen LogP contribution in [0.3, 0.4) is 0 Å². The van der Waals surface area contributed by atoms with E-state index in [1.165, 1.54) is 12.1 Å². The van der Waals surface area contributed by atoms with Crippen LogP contribution < -0.4 is 10.2 Å². The van der Waals surface area contributed by atoms with Crippen molar-refractivity contribution in [2.45, 2.75) is 38.6 Å². The van der Waals surface area contributed by atoms with Gasteiger partial charge in [0.25, 0.3) is 0 Å². The lowest BCUT2D eigenvalue weighted by Gasteiger charge is -2.36. The summed E-state index contributed by atoms with van der Waals surface area (Å²) >= 11 is 0. The van der Waals surface area contributed by atoms with E-state index in [1.54, 1.807) is 17.0 Å². The summed E-state index contributed by atoms with van der Waals surface area (Å²) in [5.74, 6) is -0.671. The number of halogens is 1. The maximum absolute atomic E-state index is 13.8. The van der Waals surface area contributed by atoms with Crippen LogP contribution in [-0.2, 0) is 9.59 Å². The SMILES string of the molecule is CC(C)C(=O)N1c2ccccc2NC2=C(C(=O)C[C@H](c3ccccc3)C2)[C@H]1c1ccc(F)cc1. The molecule has 2 aliphatic rings. The Morgan fingerprint density at radius 1 is 0.912 bits per heavy atom. The van der Waals surface area contributed by atoms with E-state index < -0.39 is 6.04 Å². The van der Waals surface area contributed by atoms with E-state index >= 15 is 0 Å². The molecule has 3 aromatic rings. The highest BCUT2D eigenvalue weighted by atomic mass is 19.1. The number of hydrogen-bond acceptors (Lipinski definition) is 3. The molecule has 2 atom stereocenters. The molecule has 0 spiro atoms. The molecule has 0 radical (unpaired) electrons. The molecule has 4 nitrogen and oxygen atoms in total. The van der Waals surface area contributed by atoms with E-state index in [4.69, 9.17) is 0 Å². The lowest BCUT2D eigenvalue weighted by atomic mass is 9.78. The lowest BCUT2D eigenvalue weighted by Crippen LogP contribution is -2.40. The van der Waals surface area contributed by atoms with Gasteiger partial charge in [0.2, 0.25) is 5.91 Å². The number of Topliss-reactive ketones (excluding diaryl/α,β-unsaturated/α-hetero) is 1. The van der Waals surface area contributed by atoms with Crippen LogP contribution in [0, 0.1) is 11.7 Å². The lowest BCUT2D eigenvalue weighted by molar-refractivity contribution is -0.121. The topological polar surface area (TPSA) is 49.4 Å². The average molecular weight is 455 g/mol. The van der Waals surface area contributed by atoms with Crippen LogP contribution in [0.15, 0.2) is 90.1 Å². The number of allylic oxidation sites excluding steroid dienone is 1. The molecule has 1 aliphatic heterocycles. The van der Waals surface area contributed by atoms with Gasteiger partial charge in [0.15, 0.2) is 5.78 Å².